The first kappa shape index (κ1) is 8.39. The molecule has 1 rings (SSSR count). The van der Waals surface area contributed by atoms with E-state index in [0.29, 0.717) is 6.42 Å². The molecule has 0 saturated carbocycles. The molecule has 0 heterocycles. The molecule has 0 spiro atoms. The van der Waals surface area contributed by atoms with E-state index >= 15 is 0 Å². The quantitative estimate of drug-likeness (QED) is 0.453. The molecule has 11 heavy (non-hydrogen) atoms. The first-order valence-corrected chi connectivity index (χ1v) is 3.75. The summed E-state index contributed by atoms with van der Waals surface area (Å²) in [7, 11) is 0. The lowest BCUT2D eigenvalue weighted by Gasteiger charge is -2.22. The Bertz CT molecular complexity index is 224. The Labute approximate surface area is 71.7 Å². The summed E-state index contributed by atoms with van der Waals surface area (Å²) in [5, 5.41) is -0.707. The van der Waals surface area contributed by atoms with Gasteiger partial charge in [0.25, 0.3) is 0 Å². The van der Waals surface area contributed by atoms with Crippen LogP contribution in [-0.4, -0.2) is 11.7 Å². The van der Waals surface area contributed by atoms with Gasteiger partial charge >= 0.3 is 0 Å². The largest absolute Gasteiger partial charge is 0.343 e. The Morgan fingerprint density at radius 2 is 2.45 bits per heavy atom. The molecule has 1 atom stereocenters. The molecule has 0 aromatic carbocycles. The van der Waals surface area contributed by atoms with Gasteiger partial charge in [0.2, 0.25) is 0 Å². The maximum atomic E-state index is 6.00. The molecule has 0 aliphatic heterocycles. The van der Waals surface area contributed by atoms with Crippen molar-refractivity contribution in [2.45, 2.75) is 11.5 Å². The van der Waals surface area contributed by atoms with E-state index in [1.165, 1.54) is 0 Å². The van der Waals surface area contributed by atoms with Crippen LogP contribution in [0.2, 0.25) is 0 Å². The molecule has 0 saturated heterocycles. The Hall–Kier alpha value is -0.710. The second-order valence-corrected chi connectivity index (χ2v) is 2.91. The molecule has 0 N–H and O–H groups in total. The summed E-state index contributed by atoms with van der Waals surface area (Å²) in [5.74, 6) is 2.38. The molecule has 1 nitrogen and oxygen atoms in total. The second kappa shape index (κ2) is 3.61. The highest BCUT2D eigenvalue weighted by atomic mass is 35.5. The van der Waals surface area contributed by atoms with E-state index in [2.05, 4.69) is 5.92 Å². The van der Waals surface area contributed by atoms with E-state index in [9.17, 15) is 0 Å². The number of halogens is 1. The summed E-state index contributed by atoms with van der Waals surface area (Å²) in [5.41, 5.74) is 0. The van der Waals surface area contributed by atoms with Gasteiger partial charge in [-0.1, -0.05) is 35.7 Å². The van der Waals surface area contributed by atoms with Crippen molar-refractivity contribution in [3.05, 3.63) is 24.3 Å². The standard InChI is InChI=1S/C9H9ClO/c1-2-8-11-9(10)6-4-3-5-7-9/h1,3-6H,7-8H2. The lowest BCUT2D eigenvalue weighted by atomic mass is 10.1. The van der Waals surface area contributed by atoms with Crippen LogP contribution in [0.3, 0.4) is 0 Å². The molecule has 58 valence electrons. The summed E-state index contributed by atoms with van der Waals surface area (Å²) in [6, 6.07) is 0. The zero-order chi connectivity index (χ0) is 8.16. The van der Waals surface area contributed by atoms with E-state index in [0.717, 1.165) is 0 Å². The predicted octanol–water partition coefficient (Wildman–Crippen LogP) is 2.09. The minimum absolute atomic E-state index is 0.252. The second-order valence-electron chi connectivity index (χ2n) is 2.27. The highest BCUT2D eigenvalue weighted by Crippen LogP contribution is 2.26. The average Bonchev–Trinajstić information content (AvgIpc) is 2.03. The van der Waals surface area contributed by atoms with Crippen LogP contribution in [0.15, 0.2) is 24.3 Å². The van der Waals surface area contributed by atoms with Crippen LogP contribution in [0.4, 0.5) is 0 Å². The molecule has 0 bridgehead atoms. The van der Waals surface area contributed by atoms with Crippen LogP contribution in [0.5, 0.6) is 0 Å². The third-order valence-electron chi connectivity index (χ3n) is 1.38. The number of terminal acetylenes is 1. The van der Waals surface area contributed by atoms with E-state index in [-0.39, 0.29) is 6.61 Å². The maximum Gasteiger partial charge on any atom is 0.165 e. The maximum absolute atomic E-state index is 6.00. The molecule has 1 unspecified atom stereocenters. The topological polar surface area (TPSA) is 9.23 Å². The fourth-order valence-electron chi connectivity index (χ4n) is 0.843. The molecule has 0 aromatic heterocycles. The van der Waals surface area contributed by atoms with Crippen molar-refractivity contribution in [3.8, 4) is 12.3 Å². The fraction of sp³-hybridized carbons (Fsp3) is 0.333. The molecule has 0 amide bonds. The van der Waals surface area contributed by atoms with Crippen LogP contribution < -0.4 is 0 Å². The molecule has 1 aliphatic rings. The molecule has 0 aromatic rings. The van der Waals surface area contributed by atoms with Crippen molar-refractivity contribution < 1.29 is 4.74 Å². The molecular formula is C9H9ClO. The van der Waals surface area contributed by atoms with Crippen molar-refractivity contribution in [1.82, 2.24) is 0 Å². The third kappa shape index (κ3) is 2.42. The first-order valence-electron chi connectivity index (χ1n) is 3.37. The van der Waals surface area contributed by atoms with Crippen molar-refractivity contribution in [1.29, 1.82) is 0 Å². The van der Waals surface area contributed by atoms with Gasteiger partial charge in [-0.3, -0.25) is 0 Å². The minimum atomic E-state index is -0.707. The first-order chi connectivity index (χ1) is 5.27. The number of hydrogen-bond acceptors (Lipinski definition) is 1. The number of ether oxygens (including phenoxy) is 1. The van der Waals surface area contributed by atoms with Crippen LogP contribution in [0.25, 0.3) is 0 Å². The smallest absolute Gasteiger partial charge is 0.165 e. The monoisotopic (exact) mass is 168 g/mol. The van der Waals surface area contributed by atoms with Crippen molar-refractivity contribution in [2.75, 3.05) is 6.61 Å². The number of hydrogen-bond donors (Lipinski definition) is 0. The van der Waals surface area contributed by atoms with E-state index < -0.39 is 5.06 Å². The minimum Gasteiger partial charge on any atom is -0.343 e. The molecular weight excluding hydrogens is 160 g/mol. The van der Waals surface area contributed by atoms with Gasteiger partial charge in [-0.05, 0) is 6.08 Å². The van der Waals surface area contributed by atoms with E-state index in [4.69, 9.17) is 22.8 Å². The Kier molecular flexibility index (Phi) is 2.76. The highest BCUT2D eigenvalue weighted by molar-refractivity contribution is 6.24. The molecule has 2 heteroatoms. The lowest BCUT2D eigenvalue weighted by Crippen LogP contribution is -2.23. The Morgan fingerprint density at radius 3 is 3.00 bits per heavy atom. The summed E-state index contributed by atoms with van der Waals surface area (Å²) >= 11 is 6.00. The van der Waals surface area contributed by atoms with Crippen molar-refractivity contribution >= 4 is 11.6 Å². The summed E-state index contributed by atoms with van der Waals surface area (Å²) in [6.07, 6.45) is 13.2. The van der Waals surface area contributed by atoms with E-state index in [1.54, 1.807) is 6.08 Å². The van der Waals surface area contributed by atoms with Gasteiger partial charge in [-0.25, -0.2) is 0 Å². The van der Waals surface area contributed by atoms with Crippen molar-refractivity contribution in [3.63, 3.8) is 0 Å². The average molecular weight is 169 g/mol. The third-order valence-corrected chi connectivity index (χ3v) is 1.77. The highest BCUT2D eigenvalue weighted by Gasteiger charge is 2.23. The lowest BCUT2D eigenvalue weighted by molar-refractivity contribution is 0.0805. The normalized spacial score (nSPS) is 28.4. The zero-order valence-corrected chi connectivity index (χ0v) is 6.84. The zero-order valence-electron chi connectivity index (χ0n) is 6.09. The van der Waals surface area contributed by atoms with Gasteiger partial charge in [0.1, 0.15) is 6.61 Å². The van der Waals surface area contributed by atoms with Gasteiger partial charge in [0, 0.05) is 6.42 Å². The molecule has 1 aliphatic carbocycles. The van der Waals surface area contributed by atoms with Crippen LogP contribution in [0.1, 0.15) is 6.42 Å². The number of allylic oxidation sites excluding steroid dienone is 2. The Morgan fingerprint density at radius 1 is 1.64 bits per heavy atom. The summed E-state index contributed by atoms with van der Waals surface area (Å²) in [4.78, 5) is 0. The van der Waals surface area contributed by atoms with Gasteiger partial charge in [0.15, 0.2) is 5.06 Å². The van der Waals surface area contributed by atoms with Crippen molar-refractivity contribution in [2.24, 2.45) is 0 Å². The summed E-state index contributed by atoms with van der Waals surface area (Å²) < 4.78 is 5.21. The van der Waals surface area contributed by atoms with Gasteiger partial charge in [-0.15, -0.1) is 6.42 Å². The van der Waals surface area contributed by atoms with Crippen LogP contribution in [0, 0.1) is 12.3 Å². The fourth-order valence-corrected chi connectivity index (χ4v) is 1.06. The van der Waals surface area contributed by atoms with Gasteiger partial charge in [0.05, 0.1) is 0 Å². The number of rotatable bonds is 2. The summed E-state index contributed by atoms with van der Waals surface area (Å²) in [6.45, 7) is 0.252. The van der Waals surface area contributed by atoms with Crippen LogP contribution >= 0.6 is 11.6 Å². The predicted molar refractivity (Wildman–Crippen MR) is 46.3 cm³/mol. The van der Waals surface area contributed by atoms with Gasteiger partial charge < -0.3 is 4.74 Å². The van der Waals surface area contributed by atoms with Crippen LogP contribution in [-0.2, 0) is 4.74 Å². The Balaban J connectivity index is 2.48. The van der Waals surface area contributed by atoms with E-state index in [1.807, 2.05) is 18.2 Å². The van der Waals surface area contributed by atoms with Gasteiger partial charge in [-0.2, -0.15) is 0 Å². The SMILES string of the molecule is C#CCOC1(Cl)C=CC=CC1. The molecule has 0 radical (unpaired) electrons. The number of alkyl halides is 1. The molecule has 0 fully saturated rings.